The molecule has 1 saturated carbocycles. The summed E-state index contributed by atoms with van der Waals surface area (Å²) in [5.41, 5.74) is 1.39. The largest absolute Gasteiger partial charge is 0.355 e. The Bertz CT molecular complexity index is 456. The topological polar surface area (TPSA) is 41.1 Å². The van der Waals surface area contributed by atoms with Gasteiger partial charge in [0.1, 0.15) is 0 Å². The minimum atomic E-state index is 0. The van der Waals surface area contributed by atoms with Gasteiger partial charge in [0.15, 0.2) is 0 Å². The van der Waals surface area contributed by atoms with Crippen molar-refractivity contribution in [2.75, 3.05) is 20.1 Å². The maximum absolute atomic E-state index is 11.9. The number of amides is 1. The molecule has 0 aromatic heterocycles. The highest BCUT2D eigenvalue weighted by Crippen LogP contribution is 2.39. The zero-order valence-corrected chi connectivity index (χ0v) is 14.7. The van der Waals surface area contributed by atoms with Crippen molar-refractivity contribution >= 4 is 29.9 Å². The lowest BCUT2D eigenvalue weighted by atomic mass is 9.69. The number of benzene rings is 1. The van der Waals surface area contributed by atoms with Gasteiger partial charge in [-0.2, -0.15) is 0 Å². The lowest BCUT2D eigenvalue weighted by molar-refractivity contribution is -0.121. The lowest BCUT2D eigenvalue weighted by Crippen LogP contribution is -2.42. The summed E-state index contributed by atoms with van der Waals surface area (Å²) in [5, 5.41) is 6.90. The van der Waals surface area contributed by atoms with Gasteiger partial charge < -0.3 is 10.6 Å². The minimum Gasteiger partial charge on any atom is -0.355 e. The van der Waals surface area contributed by atoms with Crippen LogP contribution in [0.1, 0.15) is 44.1 Å². The third-order valence-corrected chi connectivity index (χ3v) is 4.75. The first kappa shape index (κ1) is 19.3. The van der Waals surface area contributed by atoms with Crippen LogP contribution in [0.3, 0.4) is 0 Å². The van der Waals surface area contributed by atoms with Gasteiger partial charge in [-0.1, -0.05) is 43.0 Å². The molecule has 5 heteroatoms. The molecule has 1 aromatic rings. The van der Waals surface area contributed by atoms with E-state index in [0.29, 0.717) is 6.42 Å². The van der Waals surface area contributed by atoms with Crippen LogP contribution < -0.4 is 10.6 Å². The summed E-state index contributed by atoms with van der Waals surface area (Å²) in [6.45, 7) is 1.46. The SMILES string of the molecule is CNCCC(=O)NCC1(c2ccc(Cl)cc2)CCCCC1.Cl. The molecule has 0 bridgehead atoms. The highest BCUT2D eigenvalue weighted by molar-refractivity contribution is 6.30. The molecule has 1 amide bonds. The van der Waals surface area contributed by atoms with E-state index < -0.39 is 0 Å². The van der Waals surface area contributed by atoms with Crippen molar-refractivity contribution < 1.29 is 4.79 Å². The van der Waals surface area contributed by atoms with Crippen molar-refractivity contribution in [2.24, 2.45) is 0 Å². The van der Waals surface area contributed by atoms with Crippen molar-refractivity contribution in [3.8, 4) is 0 Å². The molecule has 0 unspecified atom stereocenters. The molecule has 2 N–H and O–H groups in total. The minimum absolute atomic E-state index is 0. The van der Waals surface area contributed by atoms with Gasteiger partial charge in [-0.05, 0) is 37.6 Å². The molecule has 2 rings (SSSR count). The van der Waals surface area contributed by atoms with Crippen LogP contribution in [0.25, 0.3) is 0 Å². The molecule has 3 nitrogen and oxygen atoms in total. The maximum Gasteiger partial charge on any atom is 0.221 e. The average Bonchev–Trinajstić information content (AvgIpc) is 2.52. The van der Waals surface area contributed by atoms with E-state index in [1.54, 1.807) is 0 Å². The smallest absolute Gasteiger partial charge is 0.221 e. The Morgan fingerprint density at radius 3 is 2.41 bits per heavy atom. The van der Waals surface area contributed by atoms with E-state index in [2.05, 4.69) is 22.8 Å². The number of hydrogen-bond donors (Lipinski definition) is 2. The molecule has 0 radical (unpaired) electrons. The molecule has 22 heavy (non-hydrogen) atoms. The summed E-state index contributed by atoms with van der Waals surface area (Å²) in [7, 11) is 1.86. The Morgan fingerprint density at radius 1 is 1.18 bits per heavy atom. The number of nitrogens with one attached hydrogen (secondary N) is 2. The molecule has 0 heterocycles. The van der Waals surface area contributed by atoms with Gasteiger partial charge in [-0.25, -0.2) is 0 Å². The predicted molar refractivity (Wildman–Crippen MR) is 95.0 cm³/mol. The van der Waals surface area contributed by atoms with E-state index in [1.807, 2.05) is 19.2 Å². The van der Waals surface area contributed by atoms with Gasteiger partial charge in [0.25, 0.3) is 0 Å². The molecule has 1 aliphatic rings. The van der Waals surface area contributed by atoms with Crippen LogP contribution in [-0.2, 0) is 10.2 Å². The van der Waals surface area contributed by atoms with Crippen LogP contribution in [0.15, 0.2) is 24.3 Å². The van der Waals surface area contributed by atoms with E-state index >= 15 is 0 Å². The lowest BCUT2D eigenvalue weighted by Gasteiger charge is -2.38. The third kappa shape index (κ3) is 5.15. The summed E-state index contributed by atoms with van der Waals surface area (Å²) < 4.78 is 0. The standard InChI is InChI=1S/C17H25ClN2O.ClH/c1-19-12-9-16(21)20-13-17(10-3-2-4-11-17)14-5-7-15(18)8-6-14;/h5-8,19H,2-4,9-13H2,1H3,(H,20,21);1H. The zero-order valence-electron chi connectivity index (χ0n) is 13.2. The fourth-order valence-electron chi connectivity index (χ4n) is 3.19. The third-order valence-electron chi connectivity index (χ3n) is 4.49. The van der Waals surface area contributed by atoms with Crippen LogP contribution in [-0.4, -0.2) is 26.0 Å². The number of hydrogen-bond acceptors (Lipinski definition) is 2. The Hall–Kier alpha value is -0.770. The Labute approximate surface area is 144 Å². The second-order valence-corrected chi connectivity index (χ2v) is 6.41. The van der Waals surface area contributed by atoms with Crippen LogP contribution in [0.5, 0.6) is 0 Å². The molecule has 0 aliphatic heterocycles. The quantitative estimate of drug-likeness (QED) is 0.826. The predicted octanol–water partition coefficient (Wildman–Crippen LogP) is 3.69. The number of rotatable bonds is 6. The fraction of sp³-hybridized carbons (Fsp3) is 0.588. The second kappa shape index (κ2) is 9.39. The Morgan fingerprint density at radius 2 is 1.82 bits per heavy atom. The van der Waals surface area contributed by atoms with Crippen molar-refractivity contribution in [3.63, 3.8) is 0 Å². The van der Waals surface area contributed by atoms with E-state index in [9.17, 15) is 4.79 Å². The van der Waals surface area contributed by atoms with E-state index in [1.165, 1.54) is 24.8 Å². The molecule has 0 saturated heterocycles. The monoisotopic (exact) mass is 344 g/mol. The Balaban J connectivity index is 0.00000242. The van der Waals surface area contributed by atoms with E-state index in [0.717, 1.165) is 31.0 Å². The van der Waals surface area contributed by atoms with Crippen molar-refractivity contribution in [2.45, 2.75) is 43.9 Å². The molecule has 1 aliphatic carbocycles. The van der Waals surface area contributed by atoms with Crippen molar-refractivity contribution in [1.29, 1.82) is 0 Å². The van der Waals surface area contributed by atoms with E-state index in [4.69, 9.17) is 11.6 Å². The van der Waals surface area contributed by atoms with Gasteiger partial charge in [0.2, 0.25) is 5.91 Å². The summed E-state index contributed by atoms with van der Waals surface area (Å²) in [5.74, 6) is 0.128. The summed E-state index contributed by atoms with van der Waals surface area (Å²) in [4.78, 5) is 11.9. The van der Waals surface area contributed by atoms with Gasteiger partial charge in [0.05, 0.1) is 0 Å². The highest BCUT2D eigenvalue weighted by Gasteiger charge is 2.34. The first-order valence-corrected chi connectivity index (χ1v) is 8.21. The van der Waals surface area contributed by atoms with Crippen LogP contribution in [0.4, 0.5) is 0 Å². The summed E-state index contributed by atoms with van der Waals surface area (Å²) >= 11 is 6.00. The van der Waals surface area contributed by atoms with Crippen molar-refractivity contribution in [3.05, 3.63) is 34.9 Å². The van der Waals surface area contributed by atoms with Crippen LogP contribution in [0.2, 0.25) is 5.02 Å². The molecular weight excluding hydrogens is 319 g/mol. The van der Waals surface area contributed by atoms with Crippen LogP contribution in [0, 0.1) is 0 Å². The zero-order chi connectivity index (χ0) is 15.1. The van der Waals surface area contributed by atoms with Gasteiger partial charge in [-0.15, -0.1) is 12.4 Å². The molecule has 124 valence electrons. The number of carbonyl (C=O) groups is 1. The molecule has 0 spiro atoms. The molecular formula is C17H26Cl2N2O. The van der Waals surface area contributed by atoms with E-state index in [-0.39, 0.29) is 23.7 Å². The van der Waals surface area contributed by atoms with Crippen molar-refractivity contribution in [1.82, 2.24) is 10.6 Å². The number of halogens is 2. The Kier molecular flexibility index (Phi) is 8.23. The summed E-state index contributed by atoms with van der Waals surface area (Å²) in [6.07, 6.45) is 6.57. The first-order chi connectivity index (χ1) is 10.2. The highest BCUT2D eigenvalue weighted by atomic mass is 35.5. The normalized spacial score (nSPS) is 16.6. The molecule has 0 atom stereocenters. The average molecular weight is 345 g/mol. The van der Waals surface area contributed by atoms with Crippen LogP contribution >= 0.6 is 24.0 Å². The van der Waals surface area contributed by atoms with Gasteiger partial charge >= 0.3 is 0 Å². The molecule has 1 aromatic carbocycles. The first-order valence-electron chi connectivity index (χ1n) is 7.84. The van der Waals surface area contributed by atoms with Gasteiger partial charge in [-0.3, -0.25) is 4.79 Å². The molecule has 1 fully saturated rings. The number of carbonyl (C=O) groups excluding carboxylic acids is 1. The second-order valence-electron chi connectivity index (χ2n) is 5.98. The maximum atomic E-state index is 11.9. The van der Waals surface area contributed by atoms with Gasteiger partial charge in [0, 0.05) is 29.9 Å². The summed E-state index contributed by atoms with van der Waals surface area (Å²) in [6, 6.07) is 8.15. The fourth-order valence-corrected chi connectivity index (χ4v) is 3.32.